The fraction of sp³-hybridized carbons (Fsp3) is 0.500. The van der Waals surface area contributed by atoms with Crippen molar-refractivity contribution in [3.63, 3.8) is 0 Å². The second-order valence-electron chi connectivity index (χ2n) is 4.92. The van der Waals surface area contributed by atoms with Gasteiger partial charge in [0.25, 0.3) is 5.91 Å². The van der Waals surface area contributed by atoms with E-state index in [4.69, 9.17) is 11.6 Å². The maximum Gasteiger partial charge on any atom is 0.251 e. The molecule has 18 heavy (non-hydrogen) atoms. The molecule has 1 aromatic carbocycles. The maximum absolute atomic E-state index is 12.1. The van der Waals surface area contributed by atoms with Crippen molar-refractivity contribution in [1.29, 1.82) is 0 Å². The molecule has 2 N–H and O–H groups in total. The molecule has 1 fully saturated rings. The Labute approximate surface area is 112 Å². The molecule has 98 valence electrons. The Bertz CT molecular complexity index is 447. The Morgan fingerprint density at radius 2 is 2.28 bits per heavy atom. The highest BCUT2D eigenvalue weighted by molar-refractivity contribution is 6.31. The topological polar surface area (TPSA) is 49.3 Å². The van der Waals surface area contributed by atoms with Crippen LogP contribution in [0.25, 0.3) is 0 Å². The molecule has 0 aliphatic heterocycles. The van der Waals surface area contributed by atoms with Gasteiger partial charge < -0.3 is 10.4 Å². The number of aliphatic hydroxyl groups is 1. The zero-order valence-electron chi connectivity index (χ0n) is 10.4. The molecule has 1 aliphatic carbocycles. The summed E-state index contributed by atoms with van der Waals surface area (Å²) in [6.45, 7) is 2.04. The van der Waals surface area contributed by atoms with E-state index in [2.05, 4.69) is 5.32 Å². The summed E-state index contributed by atoms with van der Waals surface area (Å²) in [5.74, 6) is 0.0807. The molecule has 1 aliphatic rings. The smallest absolute Gasteiger partial charge is 0.251 e. The molecule has 2 unspecified atom stereocenters. The summed E-state index contributed by atoms with van der Waals surface area (Å²) in [6.07, 6.45) is 2.98. The van der Waals surface area contributed by atoms with Gasteiger partial charge >= 0.3 is 0 Å². The first kappa shape index (κ1) is 13.4. The van der Waals surface area contributed by atoms with Crippen LogP contribution in [0.4, 0.5) is 0 Å². The summed E-state index contributed by atoms with van der Waals surface area (Å²) in [6, 6.07) is 5.40. The van der Waals surface area contributed by atoms with Crippen LogP contribution in [0.5, 0.6) is 0 Å². The summed E-state index contributed by atoms with van der Waals surface area (Å²) in [4.78, 5) is 12.1. The second kappa shape index (κ2) is 5.72. The van der Waals surface area contributed by atoms with Crippen LogP contribution in [-0.2, 0) is 0 Å². The Morgan fingerprint density at radius 1 is 1.50 bits per heavy atom. The van der Waals surface area contributed by atoms with Crippen molar-refractivity contribution in [3.8, 4) is 0 Å². The summed E-state index contributed by atoms with van der Waals surface area (Å²) in [5.41, 5.74) is 1.54. The van der Waals surface area contributed by atoms with E-state index < -0.39 is 0 Å². The number of aryl methyl sites for hydroxylation is 1. The highest BCUT2D eigenvalue weighted by Gasteiger charge is 2.28. The summed E-state index contributed by atoms with van der Waals surface area (Å²) >= 11 is 6.01. The van der Waals surface area contributed by atoms with Crippen molar-refractivity contribution in [2.75, 3.05) is 6.61 Å². The SMILES string of the molecule is Cc1ccc(C(=O)NC2CCCC2CO)cc1Cl. The Kier molecular flexibility index (Phi) is 4.25. The standard InChI is InChI=1S/C14H18ClNO2/c1-9-5-6-10(7-12(9)15)14(18)16-13-4-2-3-11(13)8-17/h5-7,11,13,17H,2-4,8H2,1H3,(H,16,18). The lowest BCUT2D eigenvalue weighted by Crippen LogP contribution is -2.38. The van der Waals surface area contributed by atoms with Gasteiger partial charge in [-0.25, -0.2) is 0 Å². The Hall–Kier alpha value is -1.06. The van der Waals surface area contributed by atoms with Crippen LogP contribution in [0.2, 0.25) is 5.02 Å². The molecule has 0 bridgehead atoms. The maximum atomic E-state index is 12.1. The zero-order valence-corrected chi connectivity index (χ0v) is 11.2. The highest BCUT2D eigenvalue weighted by atomic mass is 35.5. The molecule has 1 aromatic rings. The van der Waals surface area contributed by atoms with E-state index in [9.17, 15) is 9.90 Å². The van der Waals surface area contributed by atoms with Gasteiger partial charge in [-0.15, -0.1) is 0 Å². The molecule has 0 heterocycles. The van der Waals surface area contributed by atoms with Gasteiger partial charge in [0.1, 0.15) is 0 Å². The van der Waals surface area contributed by atoms with Crippen molar-refractivity contribution >= 4 is 17.5 Å². The molecular formula is C14H18ClNO2. The Balaban J connectivity index is 2.05. The number of rotatable bonds is 3. The number of hydrogen-bond acceptors (Lipinski definition) is 2. The van der Waals surface area contributed by atoms with Crippen molar-refractivity contribution in [3.05, 3.63) is 34.3 Å². The van der Waals surface area contributed by atoms with Crippen LogP contribution in [0, 0.1) is 12.8 Å². The van der Waals surface area contributed by atoms with Crippen LogP contribution in [0.3, 0.4) is 0 Å². The lowest BCUT2D eigenvalue weighted by molar-refractivity contribution is 0.0916. The minimum absolute atomic E-state index is 0.0857. The molecule has 4 heteroatoms. The molecule has 1 saturated carbocycles. The molecule has 0 radical (unpaired) electrons. The fourth-order valence-corrected chi connectivity index (χ4v) is 2.61. The van der Waals surface area contributed by atoms with E-state index in [1.54, 1.807) is 12.1 Å². The molecule has 2 rings (SSSR count). The largest absolute Gasteiger partial charge is 0.396 e. The highest BCUT2D eigenvalue weighted by Crippen LogP contribution is 2.25. The summed E-state index contributed by atoms with van der Waals surface area (Å²) < 4.78 is 0. The van der Waals surface area contributed by atoms with E-state index in [1.807, 2.05) is 13.0 Å². The van der Waals surface area contributed by atoms with Gasteiger partial charge in [0.05, 0.1) is 0 Å². The Morgan fingerprint density at radius 3 is 2.94 bits per heavy atom. The lowest BCUT2D eigenvalue weighted by Gasteiger charge is -2.19. The van der Waals surface area contributed by atoms with Gasteiger partial charge in [-0.1, -0.05) is 24.1 Å². The molecule has 1 amide bonds. The van der Waals surface area contributed by atoms with E-state index in [-0.39, 0.29) is 24.5 Å². The first-order valence-corrected chi connectivity index (χ1v) is 6.67. The van der Waals surface area contributed by atoms with E-state index in [0.29, 0.717) is 10.6 Å². The van der Waals surface area contributed by atoms with Crippen LogP contribution in [-0.4, -0.2) is 23.7 Å². The molecule has 0 saturated heterocycles. The predicted octanol–water partition coefficient (Wildman–Crippen LogP) is 2.54. The summed E-state index contributed by atoms with van der Waals surface area (Å²) in [5, 5.41) is 12.8. The molecule has 3 nitrogen and oxygen atoms in total. The first-order chi connectivity index (χ1) is 8.61. The monoisotopic (exact) mass is 267 g/mol. The number of aliphatic hydroxyl groups excluding tert-OH is 1. The fourth-order valence-electron chi connectivity index (χ4n) is 2.43. The number of amides is 1. The van der Waals surface area contributed by atoms with Gasteiger partial charge in [-0.3, -0.25) is 4.79 Å². The van der Waals surface area contributed by atoms with E-state index >= 15 is 0 Å². The quantitative estimate of drug-likeness (QED) is 0.884. The number of hydrogen-bond donors (Lipinski definition) is 2. The number of halogens is 1. The average molecular weight is 268 g/mol. The normalized spacial score (nSPS) is 23.1. The van der Waals surface area contributed by atoms with Crippen molar-refractivity contribution in [1.82, 2.24) is 5.32 Å². The van der Waals surface area contributed by atoms with E-state index in [1.165, 1.54) is 0 Å². The van der Waals surface area contributed by atoms with Gasteiger partial charge in [0.15, 0.2) is 0 Å². The zero-order chi connectivity index (χ0) is 13.1. The molecular weight excluding hydrogens is 250 g/mol. The van der Waals surface area contributed by atoms with Crippen LogP contribution >= 0.6 is 11.6 Å². The predicted molar refractivity (Wildman–Crippen MR) is 71.9 cm³/mol. The molecule has 0 aromatic heterocycles. The number of nitrogens with one attached hydrogen (secondary N) is 1. The van der Waals surface area contributed by atoms with Crippen molar-refractivity contribution in [2.45, 2.75) is 32.2 Å². The molecule has 2 atom stereocenters. The number of carbonyl (C=O) groups is 1. The van der Waals surface area contributed by atoms with Gasteiger partial charge in [-0.2, -0.15) is 0 Å². The molecule has 0 spiro atoms. The van der Waals surface area contributed by atoms with Crippen LogP contribution < -0.4 is 5.32 Å². The summed E-state index contributed by atoms with van der Waals surface area (Å²) in [7, 11) is 0. The van der Waals surface area contributed by atoms with Gasteiger partial charge in [-0.05, 0) is 37.5 Å². The average Bonchev–Trinajstić information content (AvgIpc) is 2.79. The van der Waals surface area contributed by atoms with Crippen molar-refractivity contribution in [2.24, 2.45) is 5.92 Å². The van der Waals surface area contributed by atoms with Gasteiger partial charge in [0.2, 0.25) is 0 Å². The lowest BCUT2D eigenvalue weighted by atomic mass is 10.0. The van der Waals surface area contributed by atoms with Crippen molar-refractivity contribution < 1.29 is 9.90 Å². The minimum atomic E-state index is -0.109. The van der Waals surface area contributed by atoms with E-state index in [0.717, 1.165) is 24.8 Å². The van der Waals surface area contributed by atoms with Crippen LogP contribution in [0.1, 0.15) is 35.2 Å². The van der Waals surface area contributed by atoms with Gasteiger partial charge in [0, 0.05) is 29.2 Å². The third-order valence-corrected chi connectivity index (χ3v) is 4.05. The third-order valence-electron chi connectivity index (χ3n) is 3.64. The third kappa shape index (κ3) is 2.85. The number of carbonyl (C=O) groups excluding carboxylic acids is 1. The van der Waals surface area contributed by atoms with Crippen LogP contribution in [0.15, 0.2) is 18.2 Å². The minimum Gasteiger partial charge on any atom is -0.396 e. The first-order valence-electron chi connectivity index (χ1n) is 6.29. The number of benzene rings is 1. The second-order valence-corrected chi connectivity index (χ2v) is 5.32.